The molecule has 0 radical (unpaired) electrons. The summed E-state index contributed by atoms with van der Waals surface area (Å²) in [6, 6.07) is 11.3. The molecular formula is C17H26N4O. The molecule has 0 saturated carbocycles. The Morgan fingerprint density at radius 1 is 1.45 bits per heavy atom. The van der Waals surface area contributed by atoms with Crippen molar-refractivity contribution in [2.75, 3.05) is 20.1 Å². The molecule has 3 unspecified atom stereocenters. The van der Waals surface area contributed by atoms with Gasteiger partial charge < -0.3 is 5.32 Å². The highest BCUT2D eigenvalue weighted by atomic mass is 16.2. The summed E-state index contributed by atoms with van der Waals surface area (Å²) < 4.78 is 0. The van der Waals surface area contributed by atoms with Gasteiger partial charge in [0.1, 0.15) is 0 Å². The third-order valence-electron chi connectivity index (χ3n) is 4.25. The van der Waals surface area contributed by atoms with E-state index in [0.717, 1.165) is 6.42 Å². The Morgan fingerprint density at radius 2 is 2.18 bits per heavy atom. The van der Waals surface area contributed by atoms with Crippen LogP contribution in [0.1, 0.15) is 24.9 Å². The molecule has 1 heterocycles. The van der Waals surface area contributed by atoms with Gasteiger partial charge in [0.05, 0.1) is 6.54 Å². The van der Waals surface area contributed by atoms with Gasteiger partial charge in [0.2, 0.25) is 5.91 Å². The molecule has 3 atom stereocenters. The lowest BCUT2D eigenvalue weighted by molar-refractivity contribution is -0.122. The van der Waals surface area contributed by atoms with E-state index in [-0.39, 0.29) is 11.9 Å². The Hall–Kier alpha value is -1.69. The first-order chi connectivity index (χ1) is 10.6. The molecule has 1 saturated heterocycles. The van der Waals surface area contributed by atoms with Crippen molar-refractivity contribution in [3.05, 3.63) is 48.6 Å². The molecule has 0 bridgehead atoms. The van der Waals surface area contributed by atoms with Gasteiger partial charge in [0, 0.05) is 24.7 Å². The molecule has 0 aromatic heterocycles. The Kier molecular flexibility index (Phi) is 6.12. The topological polar surface area (TPSA) is 56.4 Å². The molecular weight excluding hydrogens is 276 g/mol. The average molecular weight is 302 g/mol. The first-order valence-corrected chi connectivity index (χ1v) is 7.75. The number of carbonyl (C=O) groups excluding carboxylic acids is 1. The van der Waals surface area contributed by atoms with E-state index in [9.17, 15) is 4.79 Å². The second kappa shape index (κ2) is 8.08. The monoisotopic (exact) mass is 302 g/mol. The maximum atomic E-state index is 11.8. The normalized spacial score (nSPS) is 22.5. The van der Waals surface area contributed by atoms with Crippen molar-refractivity contribution in [2.24, 2.45) is 0 Å². The van der Waals surface area contributed by atoms with Crippen molar-refractivity contribution in [2.45, 2.75) is 31.5 Å². The number of amides is 1. The van der Waals surface area contributed by atoms with Crippen molar-refractivity contribution < 1.29 is 4.79 Å². The van der Waals surface area contributed by atoms with Gasteiger partial charge in [-0.25, -0.2) is 5.43 Å². The minimum absolute atomic E-state index is 0.0276. The summed E-state index contributed by atoms with van der Waals surface area (Å²) in [7, 11) is 1.98. The summed E-state index contributed by atoms with van der Waals surface area (Å²) in [4.78, 5) is 13.9. The van der Waals surface area contributed by atoms with Crippen LogP contribution >= 0.6 is 0 Å². The highest BCUT2D eigenvalue weighted by Crippen LogP contribution is 2.24. The van der Waals surface area contributed by atoms with Crippen LogP contribution in [0.5, 0.6) is 0 Å². The molecule has 3 N–H and O–H groups in total. The molecule has 2 rings (SSSR count). The number of benzene rings is 1. The number of hydrogen-bond donors (Lipinski definition) is 3. The van der Waals surface area contributed by atoms with Gasteiger partial charge in [-0.1, -0.05) is 36.4 Å². The number of hydrazine groups is 1. The Balaban J connectivity index is 1.84. The maximum Gasteiger partial charge on any atom is 0.234 e. The van der Waals surface area contributed by atoms with Crippen molar-refractivity contribution in [3.63, 3.8) is 0 Å². The predicted molar refractivity (Wildman–Crippen MR) is 89.2 cm³/mol. The van der Waals surface area contributed by atoms with Gasteiger partial charge in [0.15, 0.2) is 0 Å². The molecule has 1 aromatic carbocycles. The van der Waals surface area contributed by atoms with Gasteiger partial charge in [-0.15, -0.1) is 6.58 Å². The van der Waals surface area contributed by atoms with Crippen LogP contribution in [0.2, 0.25) is 0 Å². The fraction of sp³-hybridized carbons (Fsp3) is 0.471. The van der Waals surface area contributed by atoms with E-state index in [1.54, 1.807) is 6.08 Å². The summed E-state index contributed by atoms with van der Waals surface area (Å²) in [5.74, 6) is 0.0276. The predicted octanol–water partition coefficient (Wildman–Crippen LogP) is 1.22. The summed E-state index contributed by atoms with van der Waals surface area (Å²) in [6.45, 7) is 6.65. The fourth-order valence-corrected chi connectivity index (χ4v) is 2.72. The molecule has 1 fully saturated rings. The minimum Gasteiger partial charge on any atom is -0.352 e. The van der Waals surface area contributed by atoms with Crippen molar-refractivity contribution in [1.82, 2.24) is 21.1 Å². The molecule has 5 heteroatoms. The molecule has 0 spiro atoms. The Labute approximate surface area is 132 Å². The van der Waals surface area contributed by atoms with E-state index in [1.807, 2.05) is 13.1 Å². The van der Waals surface area contributed by atoms with Gasteiger partial charge in [-0.2, -0.15) is 0 Å². The molecule has 1 aliphatic rings. The highest BCUT2D eigenvalue weighted by molar-refractivity contribution is 5.78. The Morgan fingerprint density at radius 3 is 2.86 bits per heavy atom. The SMILES string of the molecule is C=CCNC(=O)CN(C)C(C)C1CC(c2ccccc2)NN1. The number of likely N-dealkylation sites (N-methyl/N-ethyl adjacent to an activating group) is 1. The van der Waals surface area contributed by atoms with Crippen LogP contribution in [0.4, 0.5) is 0 Å². The van der Waals surface area contributed by atoms with E-state index in [0.29, 0.717) is 25.2 Å². The largest absolute Gasteiger partial charge is 0.352 e. The fourth-order valence-electron chi connectivity index (χ4n) is 2.72. The molecule has 5 nitrogen and oxygen atoms in total. The average Bonchev–Trinajstić information content (AvgIpc) is 3.03. The van der Waals surface area contributed by atoms with Crippen molar-refractivity contribution >= 4 is 5.91 Å². The van der Waals surface area contributed by atoms with Crippen LogP contribution in [0, 0.1) is 0 Å². The van der Waals surface area contributed by atoms with Crippen molar-refractivity contribution in [3.8, 4) is 0 Å². The number of hydrogen-bond acceptors (Lipinski definition) is 4. The molecule has 0 aliphatic carbocycles. The van der Waals surface area contributed by atoms with Crippen LogP contribution in [0.15, 0.2) is 43.0 Å². The molecule has 1 amide bonds. The van der Waals surface area contributed by atoms with Crippen LogP contribution in [0.25, 0.3) is 0 Å². The lowest BCUT2D eigenvalue weighted by Gasteiger charge is -2.28. The van der Waals surface area contributed by atoms with Crippen LogP contribution in [-0.4, -0.2) is 43.0 Å². The first kappa shape index (κ1) is 16.7. The second-order valence-corrected chi connectivity index (χ2v) is 5.84. The maximum absolute atomic E-state index is 11.8. The van der Waals surface area contributed by atoms with E-state index in [1.165, 1.54) is 5.56 Å². The molecule has 120 valence electrons. The smallest absolute Gasteiger partial charge is 0.234 e. The van der Waals surface area contributed by atoms with Gasteiger partial charge in [-0.3, -0.25) is 15.1 Å². The second-order valence-electron chi connectivity index (χ2n) is 5.84. The summed E-state index contributed by atoms with van der Waals surface area (Å²) >= 11 is 0. The first-order valence-electron chi connectivity index (χ1n) is 7.75. The molecule has 1 aliphatic heterocycles. The van der Waals surface area contributed by atoms with Crippen LogP contribution in [-0.2, 0) is 4.79 Å². The zero-order chi connectivity index (χ0) is 15.9. The van der Waals surface area contributed by atoms with Gasteiger partial charge in [0.25, 0.3) is 0 Å². The number of nitrogens with one attached hydrogen (secondary N) is 3. The molecule has 1 aromatic rings. The van der Waals surface area contributed by atoms with E-state index in [2.05, 4.69) is 58.8 Å². The third-order valence-corrected chi connectivity index (χ3v) is 4.25. The summed E-state index contributed by atoms with van der Waals surface area (Å²) in [5, 5.41) is 2.81. The number of carbonyl (C=O) groups is 1. The zero-order valence-corrected chi connectivity index (χ0v) is 13.4. The summed E-state index contributed by atoms with van der Waals surface area (Å²) in [5.41, 5.74) is 8.01. The lowest BCUT2D eigenvalue weighted by Crippen LogP contribution is -2.48. The molecule has 22 heavy (non-hydrogen) atoms. The summed E-state index contributed by atoms with van der Waals surface area (Å²) in [6.07, 6.45) is 2.69. The lowest BCUT2D eigenvalue weighted by atomic mass is 9.98. The standard InChI is InChI=1S/C17H26N4O/c1-4-10-18-17(22)12-21(3)13(2)15-11-16(20-19-15)14-8-6-5-7-9-14/h4-9,13,15-16,19-20H,1,10-12H2,2-3H3,(H,18,22). The Bertz CT molecular complexity index is 491. The van der Waals surface area contributed by atoms with E-state index in [4.69, 9.17) is 0 Å². The third kappa shape index (κ3) is 4.40. The van der Waals surface area contributed by atoms with E-state index >= 15 is 0 Å². The number of rotatable bonds is 7. The quantitative estimate of drug-likeness (QED) is 0.663. The highest BCUT2D eigenvalue weighted by Gasteiger charge is 2.31. The van der Waals surface area contributed by atoms with Crippen molar-refractivity contribution in [1.29, 1.82) is 0 Å². The van der Waals surface area contributed by atoms with Crippen LogP contribution < -0.4 is 16.2 Å². The zero-order valence-electron chi connectivity index (χ0n) is 13.4. The minimum atomic E-state index is 0.0276. The van der Waals surface area contributed by atoms with E-state index < -0.39 is 0 Å². The number of nitrogens with zero attached hydrogens (tertiary/aromatic N) is 1. The van der Waals surface area contributed by atoms with Gasteiger partial charge >= 0.3 is 0 Å². The van der Waals surface area contributed by atoms with Gasteiger partial charge in [-0.05, 0) is 26.0 Å². The van der Waals surface area contributed by atoms with Crippen LogP contribution in [0.3, 0.4) is 0 Å².